The van der Waals surface area contributed by atoms with E-state index in [1.165, 1.54) is 16.0 Å². The Balaban J connectivity index is 1.17. The minimum absolute atomic E-state index is 0.125. The quantitative estimate of drug-likeness (QED) is 0.638. The Morgan fingerprint density at radius 1 is 1.09 bits per heavy atom. The summed E-state index contributed by atoms with van der Waals surface area (Å²) >= 11 is 1.36. The first kappa shape index (κ1) is 20.5. The van der Waals surface area contributed by atoms with E-state index in [9.17, 15) is 9.59 Å². The van der Waals surface area contributed by atoms with Crippen LogP contribution in [0.25, 0.3) is 0 Å². The number of rotatable bonds is 5. The van der Waals surface area contributed by atoms with Crippen LogP contribution in [0.5, 0.6) is 11.5 Å². The molecule has 0 spiro atoms. The fourth-order valence-electron chi connectivity index (χ4n) is 3.84. The van der Waals surface area contributed by atoms with Gasteiger partial charge in [0.2, 0.25) is 6.79 Å². The van der Waals surface area contributed by atoms with Gasteiger partial charge < -0.3 is 19.7 Å². The molecule has 1 saturated heterocycles. The van der Waals surface area contributed by atoms with Crippen molar-refractivity contribution in [2.45, 2.75) is 6.54 Å². The van der Waals surface area contributed by atoms with Crippen molar-refractivity contribution in [1.29, 1.82) is 0 Å². The van der Waals surface area contributed by atoms with Gasteiger partial charge in [-0.25, -0.2) is 0 Å². The Labute approximate surface area is 189 Å². The van der Waals surface area contributed by atoms with Crippen molar-refractivity contribution in [3.8, 4) is 11.5 Å². The zero-order valence-corrected chi connectivity index (χ0v) is 18.4. The molecule has 3 aromatic rings. The molecule has 2 aliphatic heterocycles. The second kappa shape index (κ2) is 8.64. The predicted octanol–water partition coefficient (Wildman–Crippen LogP) is 2.42. The van der Waals surface area contributed by atoms with Gasteiger partial charge in [0, 0.05) is 45.8 Å². The van der Waals surface area contributed by atoms with Gasteiger partial charge in [-0.2, -0.15) is 5.10 Å². The minimum atomic E-state index is -0.209. The van der Waals surface area contributed by atoms with Crippen molar-refractivity contribution in [2.75, 3.05) is 38.3 Å². The highest BCUT2D eigenvalue weighted by Gasteiger charge is 2.25. The lowest BCUT2D eigenvalue weighted by Crippen LogP contribution is -2.48. The molecule has 9 nitrogen and oxygen atoms in total. The van der Waals surface area contributed by atoms with Crippen LogP contribution in [0.15, 0.2) is 41.8 Å². The van der Waals surface area contributed by atoms with Crippen LogP contribution in [-0.4, -0.2) is 64.4 Å². The molecule has 0 radical (unpaired) electrons. The second-order valence-electron chi connectivity index (χ2n) is 7.73. The van der Waals surface area contributed by atoms with Crippen LogP contribution < -0.4 is 14.8 Å². The first-order valence-electron chi connectivity index (χ1n) is 10.4. The monoisotopic (exact) mass is 453 g/mol. The summed E-state index contributed by atoms with van der Waals surface area (Å²) in [5.41, 5.74) is 1.49. The molecular formula is C22H23N5O4S. The summed E-state index contributed by atoms with van der Waals surface area (Å²) in [7, 11) is 1.71. The highest BCUT2D eigenvalue weighted by molar-refractivity contribution is 7.12. The average molecular weight is 454 g/mol. The Bertz CT molecular complexity index is 1140. The molecule has 2 aliphatic rings. The Kier molecular flexibility index (Phi) is 5.54. The van der Waals surface area contributed by atoms with Gasteiger partial charge in [-0.1, -0.05) is 12.1 Å². The molecule has 2 aromatic heterocycles. The summed E-state index contributed by atoms with van der Waals surface area (Å²) in [6, 6.07) is 11.2. The maximum absolute atomic E-state index is 13.0. The highest BCUT2D eigenvalue weighted by atomic mass is 32.1. The highest BCUT2D eigenvalue weighted by Crippen LogP contribution is 2.32. The number of aromatic nitrogens is 2. The van der Waals surface area contributed by atoms with Crippen molar-refractivity contribution in [2.24, 2.45) is 7.05 Å². The molecule has 0 saturated carbocycles. The molecule has 166 valence electrons. The van der Waals surface area contributed by atoms with E-state index < -0.39 is 0 Å². The van der Waals surface area contributed by atoms with Crippen molar-refractivity contribution in [3.05, 3.63) is 57.9 Å². The summed E-state index contributed by atoms with van der Waals surface area (Å²) < 4.78 is 12.3. The van der Waals surface area contributed by atoms with Gasteiger partial charge in [-0.3, -0.25) is 19.2 Å². The molecule has 0 aliphatic carbocycles. The first-order chi connectivity index (χ1) is 15.6. The number of piperazine rings is 1. The van der Waals surface area contributed by atoms with E-state index in [4.69, 9.17) is 9.47 Å². The van der Waals surface area contributed by atoms with Crippen LogP contribution in [0.2, 0.25) is 0 Å². The van der Waals surface area contributed by atoms with E-state index in [1.807, 2.05) is 34.5 Å². The fraction of sp³-hybridized carbons (Fsp3) is 0.318. The minimum Gasteiger partial charge on any atom is -0.454 e. The lowest BCUT2D eigenvalue weighted by Gasteiger charge is -2.34. The number of benzene rings is 1. The van der Waals surface area contributed by atoms with E-state index in [0.717, 1.165) is 36.7 Å². The SMILES string of the molecule is Cn1nc(C(=O)N2CCN(Cc3ccc4c(c3)OCO4)CC2)cc1NC(=O)c1cccs1. The molecule has 1 N–H and O–H groups in total. The number of hydrogen-bond donors (Lipinski definition) is 1. The summed E-state index contributed by atoms with van der Waals surface area (Å²) in [5.74, 6) is 1.73. The molecule has 1 aromatic carbocycles. The number of thiophene rings is 1. The number of fused-ring (bicyclic) bond motifs is 1. The summed E-state index contributed by atoms with van der Waals surface area (Å²) in [5, 5.41) is 8.98. The number of nitrogens with zero attached hydrogens (tertiary/aromatic N) is 4. The molecule has 5 rings (SSSR count). The number of carbonyl (C=O) groups excluding carboxylic acids is 2. The van der Waals surface area contributed by atoms with E-state index in [0.29, 0.717) is 29.5 Å². The average Bonchev–Trinajstić information content (AvgIpc) is 3.55. The van der Waals surface area contributed by atoms with Crippen molar-refractivity contribution in [1.82, 2.24) is 19.6 Å². The van der Waals surface area contributed by atoms with Crippen LogP contribution in [0.4, 0.5) is 5.82 Å². The van der Waals surface area contributed by atoms with E-state index in [-0.39, 0.29) is 18.6 Å². The molecule has 0 atom stereocenters. The second-order valence-corrected chi connectivity index (χ2v) is 8.67. The van der Waals surface area contributed by atoms with E-state index >= 15 is 0 Å². The molecule has 0 bridgehead atoms. The van der Waals surface area contributed by atoms with Gasteiger partial charge in [-0.05, 0) is 29.1 Å². The largest absolute Gasteiger partial charge is 0.454 e. The van der Waals surface area contributed by atoms with Crippen molar-refractivity contribution in [3.63, 3.8) is 0 Å². The Morgan fingerprint density at radius 3 is 2.69 bits per heavy atom. The normalized spacial score (nSPS) is 15.7. The van der Waals surface area contributed by atoms with Gasteiger partial charge in [0.1, 0.15) is 5.82 Å². The molecule has 32 heavy (non-hydrogen) atoms. The Morgan fingerprint density at radius 2 is 1.91 bits per heavy atom. The smallest absolute Gasteiger partial charge is 0.274 e. The van der Waals surface area contributed by atoms with Crippen LogP contribution in [0.1, 0.15) is 25.7 Å². The summed E-state index contributed by atoms with van der Waals surface area (Å²) in [6.07, 6.45) is 0. The van der Waals surface area contributed by atoms with Crippen LogP contribution >= 0.6 is 11.3 Å². The standard InChI is InChI=1S/C22H23N5O4S/c1-25-20(23-21(28)19-3-2-10-32-19)12-16(24-25)22(29)27-8-6-26(7-9-27)13-15-4-5-17-18(11-15)31-14-30-17/h2-5,10-12H,6-9,13-14H2,1H3,(H,23,28). The predicted molar refractivity (Wildman–Crippen MR) is 119 cm³/mol. The molecular weight excluding hydrogens is 430 g/mol. The van der Waals surface area contributed by atoms with Gasteiger partial charge in [-0.15, -0.1) is 11.3 Å². The summed E-state index contributed by atoms with van der Waals surface area (Å²) in [4.78, 5) is 30.0. The summed E-state index contributed by atoms with van der Waals surface area (Å²) in [6.45, 7) is 3.85. The van der Waals surface area contributed by atoms with E-state index in [1.54, 1.807) is 19.2 Å². The first-order valence-corrected chi connectivity index (χ1v) is 11.2. The number of amides is 2. The third kappa shape index (κ3) is 4.19. The van der Waals surface area contributed by atoms with Crippen molar-refractivity contribution < 1.29 is 19.1 Å². The topological polar surface area (TPSA) is 88.9 Å². The molecule has 0 unspecified atom stereocenters. The third-order valence-electron chi connectivity index (χ3n) is 5.59. The number of aryl methyl sites for hydroxylation is 1. The number of carbonyl (C=O) groups is 2. The van der Waals surface area contributed by atoms with Gasteiger partial charge >= 0.3 is 0 Å². The van der Waals surface area contributed by atoms with Crippen molar-refractivity contribution >= 4 is 29.0 Å². The maximum atomic E-state index is 13.0. The maximum Gasteiger partial charge on any atom is 0.274 e. The number of anilines is 1. The third-order valence-corrected chi connectivity index (χ3v) is 6.46. The molecule has 2 amide bonds. The zero-order valence-electron chi connectivity index (χ0n) is 17.6. The molecule has 10 heteroatoms. The number of ether oxygens (including phenoxy) is 2. The molecule has 4 heterocycles. The Hall–Kier alpha value is -3.37. The van der Waals surface area contributed by atoms with Gasteiger partial charge in [0.25, 0.3) is 11.8 Å². The van der Waals surface area contributed by atoms with Crippen LogP contribution in [-0.2, 0) is 13.6 Å². The van der Waals surface area contributed by atoms with Crippen LogP contribution in [0, 0.1) is 0 Å². The lowest BCUT2D eigenvalue weighted by molar-refractivity contribution is 0.0622. The molecule has 1 fully saturated rings. The lowest BCUT2D eigenvalue weighted by atomic mass is 10.1. The van der Waals surface area contributed by atoms with Crippen LogP contribution in [0.3, 0.4) is 0 Å². The van der Waals surface area contributed by atoms with Gasteiger partial charge in [0.05, 0.1) is 4.88 Å². The number of hydrogen-bond acceptors (Lipinski definition) is 7. The fourth-order valence-corrected chi connectivity index (χ4v) is 4.46. The number of nitrogens with one attached hydrogen (secondary N) is 1. The zero-order chi connectivity index (χ0) is 22.1. The van der Waals surface area contributed by atoms with E-state index in [2.05, 4.69) is 15.3 Å². The van der Waals surface area contributed by atoms with Gasteiger partial charge in [0.15, 0.2) is 17.2 Å².